The van der Waals surface area contributed by atoms with Gasteiger partial charge >= 0.3 is 0 Å². The van der Waals surface area contributed by atoms with Gasteiger partial charge in [0.15, 0.2) is 0 Å². The number of hydrogen-bond donors (Lipinski definition) is 0. The number of hydrogen-bond acceptors (Lipinski definition) is 1. The summed E-state index contributed by atoms with van der Waals surface area (Å²) in [6.07, 6.45) is 1.28. The van der Waals surface area contributed by atoms with Crippen molar-refractivity contribution in [1.82, 2.24) is 0 Å². The van der Waals surface area contributed by atoms with E-state index in [0.29, 0.717) is 0 Å². The summed E-state index contributed by atoms with van der Waals surface area (Å²) in [7, 11) is 0. The fourth-order valence-corrected chi connectivity index (χ4v) is 2.24. The molecule has 0 fully saturated rings. The monoisotopic (exact) mass is 194 g/mol. The van der Waals surface area contributed by atoms with Crippen molar-refractivity contribution < 1.29 is 0 Å². The van der Waals surface area contributed by atoms with E-state index in [2.05, 4.69) is 45.0 Å². The van der Waals surface area contributed by atoms with E-state index in [1.807, 2.05) is 11.8 Å². The molecule has 72 valence electrons. The molecule has 1 unspecified atom stereocenters. The lowest BCUT2D eigenvalue weighted by atomic mass is 10.2. The Morgan fingerprint density at radius 1 is 1.31 bits per heavy atom. The van der Waals surface area contributed by atoms with Crippen LogP contribution in [0.15, 0.2) is 29.2 Å². The van der Waals surface area contributed by atoms with Gasteiger partial charge in [-0.25, -0.2) is 0 Å². The Hall–Kier alpha value is -0.430. The van der Waals surface area contributed by atoms with Crippen molar-refractivity contribution in [3.63, 3.8) is 0 Å². The van der Waals surface area contributed by atoms with Crippen LogP contribution in [0.2, 0.25) is 0 Å². The van der Waals surface area contributed by atoms with Gasteiger partial charge in [0, 0.05) is 10.6 Å². The molecule has 0 saturated heterocycles. The first-order valence-electron chi connectivity index (χ1n) is 4.92. The molecule has 1 aromatic rings. The van der Waals surface area contributed by atoms with Crippen LogP contribution in [0.1, 0.15) is 25.8 Å². The Kier molecular flexibility index (Phi) is 4.37. The van der Waals surface area contributed by atoms with Crippen molar-refractivity contribution in [1.29, 1.82) is 0 Å². The Labute approximate surface area is 85.7 Å². The maximum Gasteiger partial charge on any atom is 0.0101 e. The second kappa shape index (κ2) is 5.33. The van der Waals surface area contributed by atoms with Crippen LogP contribution < -0.4 is 0 Å². The highest BCUT2D eigenvalue weighted by Gasteiger charge is 2.01. The minimum Gasteiger partial charge on any atom is -0.126 e. The quantitative estimate of drug-likeness (QED) is 0.649. The fraction of sp³-hybridized carbons (Fsp3) is 0.500. The van der Waals surface area contributed by atoms with E-state index >= 15 is 0 Å². The average Bonchev–Trinajstić information content (AvgIpc) is 2.16. The normalized spacial score (nSPS) is 12.8. The van der Waals surface area contributed by atoms with E-state index in [1.54, 1.807) is 0 Å². The Morgan fingerprint density at radius 2 is 2.00 bits per heavy atom. The van der Waals surface area contributed by atoms with Crippen LogP contribution in [0.25, 0.3) is 0 Å². The highest BCUT2D eigenvalue weighted by Crippen LogP contribution is 2.24. The van der Waals surface area contributed by atoms with Crippen molar-refractivity contribution in [2.45, 2.75) is 32.1 Å². The molecule has 0 N–H and O–H groups in total. The molecule has 1 heteroatoms. The lowest BCUT2D eigenvalue weighted by molar-refractivity contribution is 0.637. The molecule has 13 heavy (non-hydrogen) atoms. The maximum atomic E-state index is 2.31. The van der Waals surface area contributed by atoms with Crippen LogP contribution in [0, 0.1) is 12.8 Å². The second-order valence-electron chi connectivity index (χ2n) is 3.59. The molecule has 0 aliphatic rings. The van der Waals surface area contributed by atoms with E-state index in [4.69, 9.17) is 0 Å². The predicted octanol–water partition coefficient (Wildman–Crippen LogP) is 4.13. The summed E-state index contributed by atoms with van der Waals surface area (Å²) in [5, 5.41) is 0. The molecule has 1 atom stereocenters. The number of aryl methyl sites for hydroxylation is 1. The largest absolute Gasteiger partial charge is 0.126 e. The topological polar surface area (TPSA) is 0 Å². The molecular formula is C12H18S. The van der Waals surface area contributed by atoms with E-state index < -0.39 is 0 Å². The molecule has 0 aliphatic heterocycles. The molecule has 0 saturated carbocycles. The predicted molar refractivity (Wildman–Crippen MR) is 61.4 cm³/mol. The molecule has 0 amide bonds. The minimum absolute atomic E-state index is 0.824. The van der Waals surface area contributed by atoms with Gasteiger partial charge in [0.2, 0.25) is 0 Å². The second-order valence-corrected chi connectivity index (χ2v) is 4.65. The molecular weight excluding hydrogens is 176 g/mol. The number of rotatable bonds is 4. The SMILES string of the molecule is CCC(C)CSc1ccccc1C. The highest BCUT2D eigenvalue weighted by atomic mass is 32.2. The van der Waals surface area contributed by atoms with Gasteiger partial charge in [-0.1, -0.05) is 38.5 Å². The average molecular weight is 194 g/mol. The van der Waals surface area contributed by atoms with Crippen molar-refractivity contribution in [3.05, 3.63) is 29.8 Å². The van der Waals surface area contributed by atoms with Gasteiger partial charge in [-0.15, -0.1) is 11.8 Å². The summed E-state index contributed by atoms with van der Waals surface area (Å²) < 4.78 is 0. The fourth-order valence-electron chi connectivity index (χ4n) is 1.07. The molecule has 1 rings (SSSR count). The number of benzene rings is 1. The van der Waals surface area contributed by atoms with Crippen molar-refractivity contribution in [3.8, 4) is 0 Å². The molecule has 0 aliphatic carbocycles. The van der Waals surface area contributed by atoms with E-state index in [1.165, 1.54) is 22.6 Å². The zero-order valence-corrected chi connectivity index (χ0v) is 9.53. The standard InChI is InChI=1S/C12H18S/c1-4-10(2)9-13-12-8-6-5-7-11(12)3/h5-8,10H,4,9H2,1-3H3. The van der Waals surface area contributed by atoms with Gasteiger partial charge in [-0.3, -0.25) is 0 Å². The molecule has 0 nitrogen and oxygen atoms in total. The summed E-state index contributed by atoms with van der Waals surface area (Å²) in [6.45, 7) is 6.74. The van der Waals surface area contributed by atoms with Gasteiger partial charge in [-0.2, -0.15) is 0 Å². The maximum absolute atomic E-state index is 2.31. The van der Waals surface area contributed by atoms with E-state index in [0.717, 1.165) is 5.92 Å². The van der Waals surface area contributed by atoms with E-state index in [-0.39, 0.29) is 0 Å². The summed E-state index contributed by atoms with van der Waals surface area (Å²) in [5.74, 6) is 2.06. The lowest BCUT2D eigenvalue weighted by Crippen LogP contribution is -1.95. The number of thioether (sulfide) groups is 1. The Balaban J connectivity index is 2.50. The van der Waals surface area contributed by atoms with Crippen LogP contribution >= 0.6 is 11.8 Å². The molecule has 0 radical (unpaired) electrons. The lowest BCUT2D eigenvalue weighted by Gasteiger charge is -2.09. The summed E-state index contributed by atoms with van der Waals surface area (Å²) in [6, 6.07) is 8.61. The van der Waals surface area contributed by atoms with Crippen LogP contribution in [-0.2, 0) is 0 Å². The first-order chi connectivity index (χ1) is 6.24. The van der Waals surface area contributed by atoms with Gasteiger partial charge in [0.1, 0.15) is 0 Å². The van der Waals surface area contributed by atoms with Crippen LogP contribution in [0.3, 0.4) is 0 Å². The summed E-state index contributed by atoms with van der Waals surface area (Å²) in [4.78, 5) is 1.43. The molecule has 0 heterocycles. The minimum atomic E-state index is 0.824. The van der Waals surface area contributed by atoms with Crippen LogP contribution in [0.4, 0.5) is 0 Å². The highest BCUT2D eigenvalue weighted by molar-refractivity contribution is 7.99. The van der Waals surface area contributed by atoms with Crippen LogP contribution in [0.5, 0.6) is 0 Å². The molecule has 0 spiro atoms. The van der Waals surface area contributed by atoms with Gasteiger partial charge in [0.05, 0.1) is 0 Å². The summed E-state index contributed by atoms with van der Waals surface area (Å²) in [5.41, 5.74) is 1.40. The van der Waals surface area contributed by atoms with Crippen LogP contribution in [-0.4, -0.2) is 5.75 Å². The molecule has 1 aromatic carbocycles. The third kappa shape index (κ3) is 3.43. The zero-order chi connectivity index (χ0) is 9.68. The van der Waals surface area contributed by atoms with E-state index in [9.17, 15) is 0 Å². The Morgan fingerprint density at radius 3 is 2.62 bits per heavy atom. The third-order valence-electron chi connectivity index (χ3n) is 2.31. The molecule has 0 aromatic heterocycles. The smallest absolute Gasteiger partial charge is 0.0101 e. The first kappa shape index (κ1) is 10.6. The first-order valence-corrected chi connectivity index (χ1v) is 5.91. The Bertz CT molecular complexity index is 255. The van der Waals surface area contributed by atoms with Gasteiger partial charge in [0.25, 0.3) is 0 Å². The summed E-state index contributed by atoms with van der Waals surface area (Å²) >= 11 is 1.98. The molecule has 0 bridgehead atoms. The van der Waals surface area contributed by atoms with Gasteiger partial charge in [-0.05, 0) is 24.5 Å². The van der Waals surface area contributed by atoms with Crippen molar-refractivity contribution >= 4 is 11.8 Å². The van der Waals surface area contributed by atoms with Crippen molar-refractivity contribution in [2.24, 2.45) is 5.92 Å². The zero-order valence-electron chi connectivity index (χ0n) is 8.71. The third-order valence-corrected chi connectivity index (χ3v) is 3.82. The van der Waals surface area contributed by atoms with Crippen molar-refractivity contribution in [2.75, 3.05) is 5.75 Å². The van der Waals surface area contributed by atoms with Gasteiger partial charge < -0.3 is 0 Å².